The first-order chi connectivity index (χ1) is 51.5. The van der Waals surface area contributed by atoms with Crippen molar-refractivity contribution in [2.75, 3.05) is 60.2 Å². The second kappa shape index (κ2) is 55.0. The maximum absolute atomic E-state index is 12.8. The van der Waals surface area contributed by atoms with Gasteiger partial charge in [-0.2, -0.15) is 0 Å². The van der Waals surface area contributed by atoms with Crippen molar-refractivity contribution in [3.63, 3.8) is 0 Å². The van der Waals surface area contributed by atoms with Gasteiger partial charge in [-0.25, -0.2) is 19.2 Å². The second-order valence-electron chi connectivity index (χ2n) is 24.8. The zero-order chi connectivity index (χ0) is 80.7. The van der Waals surface area contributed by atoms with Gasteiger partial charge in [-0.1, -0.05) is 72.8 Å². The number of hydrogen-bond donors (Lipinski definition) is 9. The molecule has 3 aliphatic rings. The van der Waals surface area contributed by atoms with Crippen molar-refractivity contribution in [3.8, 4) is 17.2 Å². The van der Waals surface area contributed by atoms with Crippen LogP contribution in [0.25, 0.3) is 0 Å². The number of ether oxygens (including phenoxy) is 5. The summed E-state index contributed by atoms with van der Waals surface area (Å²) in [4.78, 5) is 76.4. The fourth-order valence-electron chi connectivity index (χ4n) is 12.6. The van der Waals surface area contributed by atoms with E-state index in [2.05, 4.69) is 171 Å². The summed E-state index contributed by atoms with van der Waals surface area (Å²) in [6, 6.07) is 38.1. The molecule has 9 rings (SSSR count). The van der Waals surface area contributed by atoms with Crippen LogP contribution in [0.15, 0.2) is 127 Å². The third-order valence-corrected chi connectivity index (χ3v) is 17.6. The third kappa shape index (κ3) is 34.6. The van der Waals surface area contributed by atoms with E-state index in [0.717, 1.165) is 38.5 Å². The number of nitrogens with zero attached hydrogens (tertiary/aromatic N) is 3. The van der Waals surface area contributed by atoms with Gasteiger partial charge in [0.15, 0.2) is 11.6 Å². The minimum absolute atomic E-state index is 0.0227. The Kier molecular flexibility index (Phi) is 51.2. The molecule has 23 nitrogen and oxygen atoms in total. The number of fused-ring (bicyclic) bond motifs is 3. The van der Waals surface area contributed by atoms with Crippen LogP contribution in [0.4, 0.5) is 0 Å². The van der Waals surface area contributed by atoms with Gasteiger partial charge in [0.05, 0.1) is 80.2 Å². The van der Waals surface area contributed by atoms with E-state index in [1.165, 1.54) is 96.1 Å². The van der Waals surface area contributed by atoms with Crippen molar-refractivity contribution in [2.45, 2.75) is 142 Å². The number of halogens is 9. The van der Waals surface area contributed by atoms with Crippen molar-refractivity contribution >= 4 is 195 Å². The minimum atomic E-state index is -1.10. The van der Waals surface area contributed by atoms with Gasteiger partial charge in [-0.15, -0.1) is 0 Å². The number of aliphatic hydroxyl groups is 3. The van der Waals surface area contributed by atoms with Crippen LogP contribution in [-0.2, 0) is 48.0 Å². The van der Waals surface area contributed by atoms with Crippen LogP contribution in [0.2, 0.25) is 20.5 Å². The number of nitrogens with two attached hydrogens (primary N) is 1. The van der Waals surface area contributed by atoms with Gasteiger partial charge >= 0.3 is 159 Å². The van der Waals surface area contributed by atoms with Crippen LogP contribution in [-0.4, -0.2) is 208 Å². The summed E-state index contributed by atoms with van der Waals surface area (Å²) in [6.07, 6.45) is 3.72. The molecule has 35 heteroatoms. The fraction of sp³-hybridized carbons (Fsp3) is 0.425. The number of aliphatic hydroxyl groups excluding tert-OH is 3. The van der Waals surface area contributed by atoms with E-state index in [1.54, 1.807) is 47.3 Å². The number of carbonyl (C=O) groups excluding carboxylic acids is 4. The van der Waals surface area contributed by atoms with E-state index in [1.807, 2.05) is 50.8 Å². The topological polar surface area (TPSA) is 346 Å². The monoisotopic (exact) mass is 2510 g/mol. The number of carbonyl (C=O) groups is 6. The molecule has 3 aliphatic carbocycles. The number of carboxylic acid groups (broad SMARTS) is 2. The first-order valence-electron chi connectivity index (χ1n) is 34.5. The van der Waals surface area contributed by atoms with Gasteiger partial charge in [0.1, 0.15) is 22.8 Å². The summed E-state index contributed by atoms with van der Waals surface area (Å²) < 4.78 is 25.4. The van der Waals surface area contributed by atoms with Crippen LogP contribution >= 0.6 is 138 Å². The number of carboxylic acids is 2. The molecule has 0 fully saturated rings. The Labute approximate surface area is 724 Å². The van der Waals surface area contributed by atoms with E-state index in [-0.39, 0.29) is 111 Å². The molecule has 10 N–H and O–H groups in total. The van der Waals surface area contributed by atoms with Crippen molar-refractivity contribution < 1.29 is 106 Å². The molecule has 108 heavy (non-hydrogen) atoms. The van der Waals surface area contributed by atoms with Crippen LogP contribution < -0.4 is 33.2 Å². The molecule has 0 saturated carbocycles. The van der Waals surface area contributed by atoms with Gasteiger partial charge in [-0.05, 0) is 181 Å². The molecule has 0 unspecified atom stereocenters. The predicted molar refractivity (Wildman–Crippen MR) is 490 cm³/mol. The number of methoxy groups -OCH3 is 2. The Bertz CT molecular complexity index is 3690. The maximum atomic E-state index is 12.8. The summed E-state index contributed by atoms with van der Waals surface area (Å²) in [5.74, 6) is -2.89. The van der Waals surface area contributed by atoms with Gasteiger partial charge in [0, 0.05) is 94.4 Å². The molecule has 0 radical (unpaired) electrons. The average Bonchev–Trinajstić information content (AvgIpc) is 1.61. The van der Waals surface area contributed by atoms with E-state index in [9.17, 15) is 59.2 Å². The van der Waals surface area contributed by atoms with Crippen molar-refractivity contribution in [1.29, 1.82) is 0 Å². The van der Waals surface area contributed by atoms with Crippen molar-refractivity contribution in [2.24, 2.45) is 5.73 Å². The molecule has 0 heterocycles. The van der Waals surface area contributed by atoms with Crippen molar-refractivity contribution in [1.82, 2.24) is 14.4 Å². The number of hydrogen-bond acceptors (Lipinski definition) is 21. The van der Waals surface area contributed by atoms with E-state index >= 15 is 0 Å². The average molecular weight is 2510 g/mol. The molecule has 6 aromatic carbocycles. The molecule has 6 aromatic rings. The number of aromatic carboxylic acids is 2. The van der Waals surface area contributed by atoms with E-state index in [4.69, 9.17) is 34.9 Å². The van der Waals surface area contributed by atoms with Gasteiger partial charge in [0.25, 0.3) is 0 Å². The number of rotatable bonds is 31. The quantitative estimate of drug-likeness (QED) is 0.00845. The van der Waals surface area contributed by atoms with Crippen LogP contribution in [0, 0.1) is 0 Å². The van der Waals surface area contributed by atoms with Gasteiger partial charge in [0.2, 0.25) is 0 Å². The molecule has 0 spiro atoms. The Balaban J connectivity index is 0.000000373. The Morgan fingerprint density at radius 2 is 0.741 bits per heavy atom. The third-order valence-electron chi connectivity index (χ3n) is 17.6. The SMILES string of the molecule is CB(O)N(C[C@H](O)CN)C1Cc2ccccc2C1.CCOc1cc(C(=O)O)ccc1C(=O)CC[C@@H](O)CN(B(C)O)C1Cc2ccccc2C1.CCOc1cc(C(=O)OC)ccc1C(=O)CC[C@@H](O)CN(B(C)O)C1Cc2ccccc2C1.CCOc1cc(C(=O)OC)ccc1C(=O)O.II.II(I)I.I[I-]I. The predicted octanol–water partition coefficient (Wildman–Crippen LogP) is 11.0. The summed E-state index contributed by atoms with van der Waals surface area (Å²) in [6.45, 7) is 12.6. The normalized spacial score (nSPS) is 13.5. The molecule has 0 aromatic heterocycles. The molecule has 0 aliphatic heterocycles. The first kappa shape index (κ1) is 100. The Hall–Kier alpha value is -1.70. The van der Waals surface area contributed by atoms with Crippen LogP contribution in [0.5, 0.6) is 17.2 Å². The first-order valence-corrected chi connectivity index (χ1v) is 72.2. The molecule has 594 valence electrons. The molecule has 0 saturated heterocycles. The van der Waals surface area contributed by atoms with Crippen molar-refractivity contribution in [3.05, 3.63) is 194 Å². The number of benzene rings is 6. The fourth-order valence-corrected chi connectivity index (χ4v) is 12.6. The van der Waals surface area contributed by atoms with Crippen LogP contribution in [0.3, 0.4) is 0 Å². The molecule has 0 amide bonds. The molecule has 3 atom stereocenters. The summed E-state index contributed by atoms with van der Waals surface area (Å²) in [7, 11) is 0.217. The van der Waals surface area contributed by atoms with Gasteiger partial charge in [-0.3, -0.25) is 9.59 Å². The number of esters is 2. The summed E-state index contributed by atoms with van der Waals surface area (Å²) in [5.41, 5.74) is 14.5. The van der Waals surface area contributed by atoms with E-state index in [0.29, 0.717) is 62.1 Å². The van der Waals surface area contributed by atoms with Gasteiger partial charge < -0.3 is 84.5 Å². The number of Topliss-reactive ketones (excluding diaryl/α,β-unsaturated/α-hetero) is 2. The molecular formula is C73H95B3I9N4O19-. The zero-order valence-electron chi connectivity index (χ0n) is 61.2. The van der Waals surface area contributed by atoms with E-state index < -0.39 is 63.3 Å². The summed E-state index contributed by atoms with van der Waals surface area (Å²) >= 11 is 17.0. The summed E-state index contributed by atoms with van der Waals surface area (Å²) in [5, 5.41) is 79.5. The Morgan fingerprint density at radius 3 is 0.991 bits per heavy atom. The zero-order valence-corrected chi connectivity index (χ0v) is 80.6. The van der Waals surface area contributed by atoms with Crippen LogP contribution in [0.1, 0.15) is 142 Å². The number of ketones is 2. The second-order valence-corrected chi connectivity index (χ2v) is 89.8. The molecule has 0 bridgehead atoms. The molecular weight excluding hydrogens is 2410 g/mol. The Morgan fingerprint density at radius 1 is 0.481 bits per heavy atom. The standard InChI is InChI=1S/C25H32BNO6.C24H30BNO6.C13H21BN2O2.C11H12O5.I4.I3.I2/c1-4-33-24-15-19(25(30)32-3)9-11-22(24)23(29)12-10-21(28)16-27(26(2)31)20-13-17-7-5-6-8-18(17)14-20;1-3-32-23-14-18(24(29)30)8-10-21(23)22(28)11-9-20(27)15-26(25(2)31)19-12-16-6-4-5-7-17(16)13-19;1-14(18)16(9-13(17)8-15)12-6-10-4-2-3-5-11(10)7-12;1-3-16-9-6-7(11(14)15-2)4-5-8(9)10(12)13;1-4(2)3;1-3-2;1-2/h5-9,11,15,20-21,28,31H,4,10,12-14,16H2,1-3H3;4-8,10,14,19-20,27,31H,3,9,11-13,15H2,1-2H3,(H,29,30);2-5,12-13,17-18H,6-9,15H2,1H3;4-6H,3H2,1-2H3,(H,12,13);;;/q;;;;;-1;/t21-;20-;13-;;;;/m111..../s1.